The van der Waals surface area contributed by atoms with E-state index in [2.05, 4.69) is 16.6 Å². The van der Waals surface area contributed by atoms with Crippen molar-refractivity contribution in [3.8, 4) is 16.5 Å². The number of aryl methyl sites for hydroxylation is 1. The summed E-state index contributed by atoms with van der Waals surface area (Å²) in [6.07, 6.45) is 2.34. The van der Waals surface area contributed by atoms with Crippen LogP contribution in [0.25, 0.3) is 21.7 Å². The summed E-state index contributed by atoms with van der Waals surface area (Å²) >= 11 is 1.47. The molecular weight excluding hydrogens is 633 g/mol. The van der Waals surface area contributed by atoms with Gasteiger partial charge in [0.1, 0.15) is 35.0 Å². The summed E-state index contributed by atoms with van der Waals surface area (Å²) in [5.41, 5.74) is -0.548. The minimum Gasteiger partial charge on any atom is -0.471 e. The molecule has 1 aliphatic heterocycles. The zero-order valence-electron chi connectivity index (χ0n) is 26.1. The van der Waals surface area contributed by atoms with Gasteiger partial charge in [-0.2, -0.15) is 4.98 Å². The van der Waals surface area contributed by atoms with Gasteiger partial charge in [-0.05, 0) is 42.2 Å². The molecule has 5 atom stereocenters. The largest absolute Gasteiger partial charge is 0.471 e. The monoisotopic (exact) mass is 670 g/mol. The molecule has 3 aromatic rings. The van der Waals surface area contributed by atoms with Gasteiger partial charge in [0.15, 0.2) is 5.65 Å². The van der Waals surface area contributed by atoms with Crippen LogP contribution in [-0.4, -0.2) is 86.3 Å². The zero-order chi connectivity index (χ0) is 33.2. The van der Waals surface area contributed by atoms with Crippen molar-refractivity contribution >= 4 is 50.2 Å². The lowest BCUT2D eigenvalue weighted by Gasteiger charge is -2.32. The van der Waals surface area contributed by atoms with Crippen molar-refractivity contribution in [2.45, 2.75) is 75.5 Å². The van der Waals surface area contributed by atoms with E-state index in [1.165, 1.54) is 22.3 Å². The van der Waals surface area contributed by atoms with Gasteiger partial charge in [0.2, 0.25) is 21.8 Å². The maximum atomic E-state index is 14.0. The Morgan fingerprint density at radius 1 is 1.24 bits per heavy atom. The number of carbonyl (C=O) groups excluding carboxylic acids is 3. The third-order valence-corrected chi connectivity index (χ3v) is 11.5. The number of sulfonamides is 1. The van der Waals surface area contributed by atoms with E-state index in [4.69, 9.17) is 14.7 Å². The van der Waals surface area contributed by atoms with Crippen LogP contribution in [0, 0.1) is 11.3 Å². The Balaban J connectivity index is 1.29. The topological polar surface area (TPSA) is 173 Å². The molecule has 0 unspecified atom stereocenters. The Labute approximate surface area is 271 Å². The molecular formula is C31H38N6O7S2. The van der Waals surface area contributed by atoms with E-state index in [1.54, 1.807) is 20.8 Å². The number of carbonyl (C=O) groups is 3. The molecule has 0 radical (unpaired) electrons. The number of likely N-dealkylation sites (tertiary alicyclic amines) is 1. The quantitative estimate of drug-likeness (QED) is 0.273. The number of rotatable bonds is 10. The second-order valence-corrected chi connectivity index (χ2v) is 16.3. The fourth-order valence-electron chi connectivity index (χ4n) is 5.78. The molecule has 13 nitrogen and oxygen atoms in total. The average molecular weight is 671 g/mol. The van der Waals surface area contributed by atoms with Crippen LogP contribution >= 0.6 is 11.3 Å². The SMILES string of the molecule is C=C[C@@H]1C[C@]1(NC(=O)[C@@H]1C[C@@H](Oc2nc3c(ccn3C)nc2-c2cccs2)CN1C(=O)[C@@H](O)C(C)(C)C)C(=O)NS(=O)(=O)C1CC1. The summed E-state index contributed by atoms with van der Waals surface area (Å²) in [7, 11) is -2.03. The van der Waals surface area contributed by atoms with Crippen molar-refractivity contribution in [3.63, 3.8) is 0 Å². The predicted octanol–water partition coefficient (Wildman–Crippen LogP) is 2.12. The lowest BCUT2D eigenvalue weighted by Crippen LogP contribution is -2.57. The summed E-state index contributed by atoms with van der Waals surface area (Å²) in [5.74, 6) is -2.41. The number of nitrogens with one attached hydrogen (secondary N) is 2. The molecule has 15 heteroatoms. The molecule has 3 amide bonds. The van der Waals surface area contributed by atoms with Crippen LogP contribution in [0.1, 0.15) is 46.5 Å². The molecule has 6 rings (SSSR count). The van der Waals surface area contributed by atoms with Gasteiger partial charge >= 0.3 is 0 Å². The lowest BCUT2D eigenvalue weighted by molar-refractivity contribution is -0.150. The van der Waals surface area contributed by atoms with Gasteiger partial charge < -0.3 is 24.6 Å². The van der Waals surface area contributed by atoms with E-state index >= 15 is 0 Å². The maximum Gasteiger partial charge on any atom is 0.259 e. The Morgan fingerprint density at radius 3 is 2.59 bits per heavy atom. The molecule has 0 aromatic carbocycles. The average Bonchev–Trinajstić information content (AvgIpc) is 3.82. The number of aliphatic hydroxyl groups excluding tert-OH is 1. The molecule has 2 aliphatic carbocycles. The molecule has 46 heavy (non-hydrogen) atoms. The van der Waals surface area contributed by atoms with Crippen LogP contribution in [0.15, 0.2) is 42.4 Å². The number of amides is 3. The molecule has 3 fully saturated rings. The molecule has 0 spiro atoms. The van der Waals surface area contributed by atoms with Gasteiger partial charge in [0.05, 0.1) is 16.7 Å². The summed E-state index contributed by atoms with van der Waals surface area (Å²) < 4.78 is 35.5. The number of fused-ring (bicyclic) bond motifs is 1. The van der Waals surface area contributed by atoms with E-state index in [9.17, 15) is 27.9 Å². The number of aromatic nitrogens is 3. The third kappa shape index (κ3) is 5.91. The fourth-order valence-corrected chi connectivity index (χ4v) is 7.85. The van der Waals surface area contributed by atoms with E-state index in [0.717, 1.165) is 4.88 Å². The molecule has 4 heterocycles. The zero-order valence-corrected chi connectivity index (χ0v) is 27.7. The minimum atomic E-state index is -3.86. The molecule has 2 saturated carbocycles. The first kappa shape index (κ1) is 32.1. The van der Waals surface area contributed by atoms with E-state index in [1.807, 2.05) is 41.4 Å². The minimum absolute atomic E-state index is 0.0298. The van der Waals surface area contributed by atoms with E-state index in [0.29, 0.717) is 29.7 Å². The Morgan fingerprint density at radius 2 is 1.98 bits per heavy atom. The number of thiophene rings is 1. The van der Waals surface area contributed by atoms with Gasteiger partial charge in [-0.15, -0.1) is 17.9 Å². The number of aliphatic hydroxyl groups is 1. The second kappa shape index (κ2) is 11.5. The van der Waals surface area contributed by atoms with Crippen molar-refractivity contribution in [2.24, 2.45) is 18.4 Å². The van der Waals surface area contributed by atoms with Gasteiger partial charge in [-0.1, -0.05) is 32.9 Å². The summed E-state index contributed by atoms with van der Waals surface area (Å²) in [5, 5.41) is 15.0. The normalized spacial score (nSPS) is 25.2. The van der Waals surface area contributed by atoms with Crippen LogP contribution in [-0.2, 0) is 31.5 Å². The van der Waals surface area contributed by atoms with Crippen molar-refractivity contribution < 1.29 is 32.6 Å². The fraction of sp³-hybridized carbons (Fsp3) is 0.516. The number of ether oxygens (including phenoxy) is 1. The highest BCUT2D eigenvalue weighted by atomic mass is 32.2. The Bertz CT molecular complexity index is 1810. The summed E-state index contributed by atoms with van der Waals surface area (Å²) in [6.45, 7) is 8.84. The highest BCUT2D eigenvalue weighted by molar-refractivity contribution is 7.91. The van der Waals surface area contributed by atoms with Crippen LogP contribution in [0.2, 0.25) is 0 Å². The van der Waals surface area contributed by atoms with Gasteiger partial charge in [0.25, 0.3) is 11.8 Å². The van der Waals surface area contributed by atoms with Crippen molar-refractivity contribution in [1.82, 2.24) is 29.5 Å². The Hall–Kier alpha value is -3.82. The number of hydrogen-bond acceptors (Lipinski definition) is 10. The van der Waals surface area contributed by atoms with Crippen LogP contribution < -0.4 is 14.8 Å². The van der Waals surface area contributed by atoms with E-state index in [-0.39, 0.29) is 25.3 Å². The molecule has 3 aliphatic rings. The van der Waals surface area contributed by atoms with Crippen LogP contribution in [0.4, 0.5) is 0 Å². The van der Waals surface area contributed by atoms with Crippen molar-refractivity contribution in [2.75, 3.05) is 6.54 Å². The molecule has 3 N–H and O–H groups in total. The number of hydrogen-bond donors (Lipinski definition) is 3. The second-order valence-electron chi connectivity index (χ2n) is 13.4. The van der Waals surface area contributed by atoms with E-state index < -0.39 is 68.1 Å². The molecule has 0 bridgehead atoms. The summed E-state index contributed by atoms with van der Waals surface area (Å²) in [6, 6.07) is 4.52. The highest BCUT2D eigenvalue weighted by Gasteiger charge is 2.62. The van der Waals surface area contributed by atoms with Gasteiger partial charge in [-0.3, -0.25) is 19.1 Å². The van der Waals surface area contributed by atoms with Crippen molar-refractivity contribution in [1.29, 1.82) is 0 Å². The first-order chi connectivity index (χ1) is 21.6. The van der Waals surface area contributed by atoms with Crippen LogP contribution in [0.5, 0.6) is 5.88 Å². The third-order valence-electron chi connectivity index (χ3n) is 8.85. The lowest BCUT2D eigenvalue weighted by atomic mass is 9.88. The molecule has 3 aromatic heterocycles. The first-order valence-corrected chi connectivity index (χ1v) is 17.6. The molecule has 246 valence electrons. The highest BCUT2D eigenvalue weighted by Crippen LogP contribution is 2.45. The van der Waals surface area contributed by atoms with Gasteiger partial charge in [-0.25, -0.2) is 13.4 Å². The first-order valence-electron chi connectivity index (χ1n) is 15.2. The predicted molar refractivity (Wildman–Crippen MR) is 171 cm³/mol. The maximum absolute atomic E-state index is 14.0. The summed E-state index contributed by atoms with van der Waals surface area (Å²) in [4.78, 5) is 52.6. The molecule has 1 saturated heterocycles. The number of nitrogens with zero attached hydrogens (tertiary/aromatic N) is 4. The smallest absolute Gasteiger partial charge is 0.259 e. The van der Waals surface area contributed by atoms with Crippen LogP contribution in [0.3, 0.4) is 0 Å². The Kier molecular flexibility index (Phi) is 8.00. The van der Waals surface area contributed by atoms with Gasteiger partial charge in [0, 0.05) is 25.6 Å². The van der Waals surface area contributed by atoms with Crippen molar-refractivity contribution in [3.05, 3.63) is 42.4 Å². The standard InChI is InChI=1S/C31H38N6O7S2/c1-6-17-15-31(17,29(41)35-46(42,43)19-9-10-19)34-26(39)21-14-18(16-37(21)28(40)24(38)30(2,3)4)44-27-23(22-8-7-13-45-22)32-20-11-12-36(5)25(20)33-27/h6-8,11-13,17-19,21,24,38H,1,9-10,14-16H2,2-5H3,(H,34,39)(H,35,41)/t17-,18-,21+,24-,31-/m1/s1.